The van der Waals surface area contributed by atoms with Crippen LogP contribution in [0, 0.1) is 0 Å². The van der Waals surface area contributed by atoms with Crippen molar-refractivity contribution in [1.29, 1.82) is 0 Å². The number of aromatic amines is 1. The van der Waals surface area contributed by atoms with Gasteiger partial charge in [0.05, 0.1) is 43.2 Å². The van der Waals surface area contributed by atoms with Gasteiger partial charge in [-0.3, -0.25) is 10.00 Å². The van der Waals surface area contributed by atoms with Gasteiger partial charge in [-0.15, -0.1) is 0 Å². The lowest BCUT2D eigenvalue weighted by Crippen LogP contribution is -2.63. The molecule has 2 saturated heterocycles. The Bertz CT molecular complexity index is 684. The monoisotopic (exact) mass is 379 g/mol. The molecule has 3 amide bonds. The van der Waals surface area contributed by atoms with E-state index in [2.05, 4.69) is 15.5 Å². The minimum absolute atomic E-state index is 0.160. The molecule has 9 heteroatoms. The summed E-state index contributed by atoms with van der Waals surface area (Å²) in [5.41, 5.74) is 1.28. The number of nitrogens with one attached hydrogen (secondary N) is 2. The molecule has 1 aromatic heterocycles. The van der Waals surface area contributed by atoms with Gasteiger partial charge in [-0.05, 0) is 33.3 Å². The number of rotatable bonds is 3. The Labute approximate surface area is 159 Å². The largest absolute Gasteiger partial charge is 0.444 e. The molecule has 0 bridgehead atoms. The lowest BCUT2D eigenvalue weighted by molar-refractivity contribution is -0.00314. The first-order valence-electron chi connectivity index (χ1n) is 9.43. The minimum Gasteiger partial charge on any atom is -0.444 e. The van der Waals surface area contributed by atoms with Crippen LogP contribution >= 0.6 is 0 Å². The molecule has 0 saturated carbocycles. The molecule has 3 heterocycles. The first kappa shape index (κ1) is 19.5. The third-order valence-corrected chi connectivity index (χ3v) is 4.77. The average Bonchev–Trinajstić information content (AvgIpc) is 3.26. The number of aromatic nitrogens is 2. The van der Waals surface area contributed by atoms with Gasteiger partial charge in [0.1, 0.15) is 5.60 Å². The van der Waals surface area contributed by atoms with E-state index < -0.39 is 5.60 Å². The van der Waals surface area contributed by atoms with Crippen molar-refractivity contribution in [3.8, 4) is 0 Å². The molecule has 2 fully saturated rings. The Morgan fingerprint density at radius 2 is 1.96 bits per heavy atom. The fourth-order valence-corrected chi connectivity index (χ4v) is 3.43. The molecule has 150 valence electrons. The van der Waals surface area contributed by atoms with Crippen LogP contribution in [-0.4, -0.2) is 76.1 Å². The molecule has 2 N–H and O–H groups in total. The summed E-state index contributed by atoms with van der Waals surface area (Å²) in [5, 5.41) is 10.0. The summed E-state index contributed by atoms with van der Waals surface area (Å²) in [6, 6.07) is 1.44. The normalized spacial score (nSPS) is 22.5. The van der Waals surface area contributed by atoms with E-state index in [1.807, 2.05) is 33.8 Å². The number of aryl methyl sites for hydroxylation is 1. The van der Waals surface area contributed by atoms with Crippen molar-refractivity contribution in [2.45, 2.75) is 58.3 Å². The zero-order valence-electron chi connectivity index (χ0n) is 16.4. The van der Waals surface area contributed by atoms with Crippen LogP contribution < -0.4 is 5.32 Å². The first-order valence-corrected chi connectivity index (χ1v) is 9.43. The van der Waals surface area contributed by atoms with Crippen molar-refractivity contribution in [1.82, 2.24) is 25.3 Å². The molecule has 3 rings (SSSR count). The molecule has 27 heavy (non-hydrogen) atoms. The highest BCUT2D eigenvalue weighted by Crippen LogP contribution is 2.25. The molecule has 2 atom stereocenters. The van der Waals surface area contributed by atoms with Crippen molar-refractivity contribution < 1.29 is 19.1 Å². The van der Waals surface area contributed by atoms with Crippen molar-refractivity contribution in [2.75, 3.05) is 26.3 Å². The number of hydrogen-bond acceptors (Lipinski definition) is 5. The average molecular weight is 379 g/mol. The maximum Gasteiger partial charge on any atom is 0.410 e. The van der Waals surface area contributed by atoms with E-state index in [1.54, 1.807) is 9.80 Å². The van der Waals surface area contributed by atoms with Crippen LogP contribution in [0.2, 0.25) is 0 Å². The molecule has 9 nitrogen and oxygen atoms in total. The summed E-state index contributed by atoms with van der Waals surface area (Å²) in [6.07, 6.45) is 0.491. The predicted molar refractivity (Wildman–Crippen MR) is 98.2 cm³/mol. The SMILES string of the molecule is CCc1cc(CNC(=O)N2CCN(C(=O)OC(C)(C)C)[C@@H]3COC[C@@H]32)[nH]n1. The Morgan fingerprint density at radius 3 is 2.59 bits per heavy atom. The zero-order valence-corrected chi connectivity index (χ0v) is 16.4. The molecule has 0 radical (unpaired) electrons. The van der Waals surface area contributed by atoms with Crippen LogP contribution in [0.25, 0.3) is 0 Å². The number of carbonyl (C=O) groups excluding carboxylic acids is 2. The Morgan fingerprint density at radius 1 is 1.30 bits per heavy atom. The number of ether oxygens (including phenoxy) is 2. The Balaban J connectivity index is 1.60. The van der Waals surface area contributed by atoms with Crippen LogP contribution in [0.15, 0.2) is 6.07 Å². The van der Waals surface area contributed by atoms with E-state index in [0.29, 0.717) is 32.8 Å². The third-order valence-electron chi connectivity index (χ3n) is 4.77. The topological polar surface area (TPSA) is 99.8 Å². The Kier molecular flexibility index (Phi) is 5.59. The smallest absolute Gasteiger partial charge is 0.410 e. The number of hydrogen-bond donors (Lipinski definition) is 2. The summed E-state index contributed by atoms with van der Waals surface area (Å²) >= 11 is 0. The molecule has 0 aliphatic carbocycles. The molecule has 0 spiro atoms. The van der Waals surface area contributed by atoms with Gasteiger partial charge < -0.3 is 19.7 Å². The molecule has 1 aromatic rings. The van der Waals surface area contributed by atoms with E-state index in [4.69, 9.17) is 9.47 Å². The van der Waals surface area contributed by atoms with Crippen molar-refractivity contribution in [2.24, 2.45) is 0 Å². The van der Waals surface area contributed by atoms with Crippen LogP contribution in [0.3, 0.4) is 0 Å². The van der Waals surface area contributed by atoms with Gasteiger partial charge in [-0.2, -0.15) is 5.10 Å². The number of amides is 3. The highest BCUT2D eigenvalue weighted by molar-refractivity contribution is 5.76. The quantitative estimate of drug-likeness (QED) is 0.829. The van der Waals surface area contributed by atoms with Gasteiger partial charge in [0.25, 0.3) is 0 Å². The summed E-state index contributed by atoms with van der Waals surface area (Å²) in [6.45, 7) is 9.65. The van der Waals surface area contributed by atoms with Crippen molar-refractivity contribution in [3.05, 3.63) is 17.5 Å². The number of piperazine rings is 1. The van der Waals surface area contributed by atoms with E-state index in [9.17, 15) is 9.59 Å². The van der Waals surface area contributed by atoms with Gasteiger partial charge in [0.2, 0.25) is 0 Å². The van der Waals surface area contributed by atoms with E-state index in [-0.39, 0.29) is 24.2 Å². The number of H-pyrrole nitrogens is 1. The number of fused-ring (bicyclic) bond motifs is 1. The number of nitrogens with zero attached hydrogens (tertiary/aromatic N) is 3. The maximum absolute atomic E-state index is 12.7. The van der Waals surface area contributed by atoms with Crippen LogP contribution in [-0.2, 0) is 22.4 Å². The number of urea groups is 1. The predicted octanol–water partition coefficient (Wildman–Crippen LogP) is 1.50. The van der Waals surface area contributed by atoms with Gasteiger partial charge in [-0.1, -0.05) is 6.92 Å². The standard InChI is InChI=1S/C18H29N5O4/c1-5-12-8-13(21-20-12)9-19-16(24)22-6-7-23(15-11-26-10-14(15)22)17(25)27-18(2,3)4/h8,14-15H,5-7,9-11H2,1-4H3,(H,19,24)(H,20,21)/t14-,15+/m0/s1. The zero-order chi connectivity index (χ0) is 19.6. The van der Waals surface area contributed by atoms with E-state index in [1.165, 1.54) is 0 Å². The molecule has 0 unspecified atom stereocenters. The van der Waals surface area contributed by atoms with Crippen molar-refractivity contribution >= 4 is 12.1 Å². The van der Waals surface area contributed by atoms with Gasteiger partial charge in [0, 0.05) is 13.1 Å². The highest BCUT2D eigenvalue weighted by atomic mass is 16.6. The van der Waals surface area contributed by atoms with E-state index in [0.717, 1.165) is 17.8 Å². The third kappa shape index (κ3) is 4.52. The summed E-state index contributed by atoms with van der Waals surface area (Å²) in [5.74, 6) is 0. The second kappa shape index (κ2) is 7.75. The van der Waals surface area contributed by atoms with Crippen LogP contribution in [0.4, 0.5) is 9.59 Å². The van der Waals surface area contributed by atoms with Gasteiger partial charge >= 0.3 is 12.1 Å². The van der Waals surface area contributed by atoms with Gasteiger partial charge in [-0.25, -0.2) is 9.59 Å². The lowest BCUT2D eigenvalue weighted by Gasteiger charge is -2.43. The maximum atomic E-state index is 12.7. The Hall–Kier alpha value is -2.29. The summed E-state index contributed by atoms with van der Waals surface area (Å²) in [7, 11) is 0. The van der Waals surface area contributed by atoms with Gasteiger partial charge in [0.15, 0.2) is 0 Å². The second-order valence-corrected chi connectivity index (χ2v) is 7.94. The second-order valence-electron chi connectivity index (χ2n) is 7.94. The molecular weight excluding hydrogens is 350 g/mol. The molecule has 0 aromatic carbocycles. The molecule has 2 aliphatic heterocycles. The highest BCUT2D eigenvalue weighted by Gasteiger charge is 2.45. The van der Waals surface area contributed by atoms with Crippen molar-refractivity contribution in [3.63, 3.8) is 0 Å². The number of carbonyl (C=O) groups is 2. The minimum atomic E-state index is -0.554. The van der Waals surface area contributed by atoms with Crippen LogP contribution in [0.5, 0.6) is 0 Å². The first-order chi connectivity index (χ1) is 12.8. The van der Waals surface area contributed by atoms with E-state index >= 15 is 0 Å². The van der Waals surface area contributed by atoms with Crippen LogP contribution in [0.1, 0.15) is 39.1 Å². The molecule has 2 aliphatic rings. The molecular formula is C18H29N5O4. The summed E-state index contributed by atoms with van der Waals surface area (Å²) < 4.78 is 11.1. The lowest BCUT2D eigenvalue weighted by atomic mass is 10.1. The fraction of sp³-hybridized carbons (Fsp3) is 0.722. The fourth-order valence-electron chi connectivity index (χ4n) is 3.43. The summed E-state index contributed by atoms with van der Waals surface area (Å²) in [4.78, 5) is 28.6.